The fourth-order valence-corrected chi connectivity index (χ4v) is 1.23. The van der Waals surface area contributed by atoms with E-state index < -0.39 is 35.3 Å². The SMILES string of the molecule is CC(C)(C)C(=O)OC1OCCOC1OC(=O)C(C)(C)C. The third kappa shape index (κ3) is 4.76. The van der Waals surface area contributed by atoms with Gasteiger partial charge in [0.15, 0.2) is 0 Å². The van der Waals surface area contributed by atoms with Crippen molar-refractivity contribution >= 4 is 11.9 Å². The molecular weight excluding hydrogens is 264 g/mol. The number of hydrogen-bond acceptors (Lipinski definition) is 6. The Morgan fingerprint density at radius 3 is 1.35 bits per heavy atom. The van der Waals surface area contributed by atoms with E-state index in [1.54, 1.807) is 41.5 Å². The molecule has 0 aromatic rings. The van der Waals surface area contributed by atoms with Gasteiger partial charge >= 0.3 is 11.9 Å². The van der Waals surface area contributed by atoms with Crippen molar-refractivity contribution < 1.29 is 28.5 Å². The standard InChI is InChI=1S/C14H24O6/c1-13(2,3)11(15)19-9-10(18-8-7-17-9)20-12(16)14(4,5)6/h9-10H,7-8H2,1-6H3. The van der Waals surface area contributed by atoms with Crippen molar-refractivity contribution in [2.75, 3.05) is 13.2 Å². The molecule has 6 heteroatoms. The normalized spacial score (nSPS) is 24.1. The summed E-state index contributed by atoms with van der Waals surface area (Å²) in [6, 6.07) is 0. The maximum absolute atomic E-state index is 11.9. The molecule has 6 nitrogen and oxygen atoms in total. The van der Waals surface area contributed by atoms with Gasteiger partial charge in [-0.1, -0.05) is 0 Å². The van der Waals surface area contributed by atoms with Gasteiger partial charge in [-0.25, -0.2) is 0 Å². The summed E-state index contributed by atoms with van der Waals surface area (Å²) in [5.74, 6) is -0.880. The summed E-state index contributed by atoms with van der Waals surface area (Å²) in [7, 11) is 0. The van der Waals surface area contributed by atoms with E-state index in [1.165, 1.54) is 0 Å². The van der Waals surface area contributed by atoms with Crippen LogP contribution in [0.5, 0.6) is 0 Å². The number of carbonyl (C=O) groups is 2. The van der Waals surface area contributed by atoms with Gasteiger partial charge in [-0.2, -0.15) is 0 Å². The molecule has 1 saturated heterocycles. The zero-order chi connectivity index (χ0) is 15.6. The summed E-state index contributed by atoms with van der Waals surface area (Å²) in [5, 5.41) is 0. The minimum atomic E-state index is -1.03. The van der Waals surface area contributed by atoms with Crippen LogP contribution in [-0.4, -0.2) is 37.7 Å². The highest BCUT2D eigenvalue weighted by Gasteiger charge is 2.38. The molecule has 0 bridgehead atoms. The van der Waals surface area contributed by atoms with Crippen molar-refractivity contribution in [1.82, 2.24) is 0 Å². The van der Waals surface area contributed by atoms with E-state index in [0.29, 0.717) is 0 Å². The van der Waals surface area contributed by atoms with E-state index in [9.17, 15) is 9.59 Å². The topological polar surface area (TPSA) is 71.1 Å². The predicted octanol–water partition coefficient (Wildman–Crippen LogP) is 1.86. The molecule has 0 aliphatic carbocycles. The molecule has 1 aliphatic heterocycles. The molecule has 0 N–H and O–H groups in total. The molecule has 116 valence electrons. The van der Waals surface area contributed by atoms with E-state index in [-0.39, 0.29) is 13.2 Å². The monoisotopic (exact) mass is 288 g/mol. The smallest absolute Gasteiger partial charge is 0.313 e. The Kier molecular flexibility index (Phi) is 5.15. The largest absolute Gasteiger partial charge is 0.428 e. The first kappa shape index (κ1) is 16.9. The summed E-state index contributed by atoms with van der Waals surface area (Å²) in [6.45, 7) is 11.0. The summed E-state index contributed by atoms with van der Waals surface area (Å²) in [4.78, 5) is 23.7. The minimum Gasteiger partial charge on any atom is -0.428 e. The number of rotatable bonds is 2. The molecule has 0 amide bonds. The summed E-state index contributed by atoms with van der Waals surface area (Å²) in [5.41, 5.74) is -1.33. The second kappa shape index (κ2) is 6.10. The van der Waals surface area contributed by atoms with Crippen LogP contribution in [-0.2, 0) is 28.5 Å². The fourth-order valence-electron chi connectivity index (χ4n) is 1.23. The van der Waals surface area contributed by atoms with Crippen LogP contribution in [0.25, 0.3) is 0 Å². The Bertz CT molecular complexity index is 327. The van der Waals surface area contributed by atoms with E-state index >= 15 is 0 Å². The first-order chi connectivity index (χ1) is 9.01. The Morgan fingerprint density at radius 1 is 0.800 bits per heavy atom. The van der Waals surface area contributed by atoms with Crippen LogP contribution >= 0.6 is 0 Å². The first-order valence-corrected chi connectivity index (χ1v) is 6.67. The average Bonchev–Trinajstić information content (AvgIpc) is 2.29. The van der Waals surface area contributed by atoms with Crippen molar-refractivity contribution in [2.45, 2.75) is 54.1 Å². The Balaban J connectivity index is 2.68. The van der Waals surface area contributed by atoms with Gasteiger partial charge in [-0.15, -0.1) is 0 Å². The van der Waals surface area contributed by atoms with Crippen molar-refractivity contribution in [3.8, 4) is 0 Å². The van der Waals surface area contributed by atoms with Gasteiger partial charge in [0.05, 0.1) is 24.0 Å². The molecule has 0 aromatic heterocycles. The zero-order valence-corrected chi connectivity index (χ0v) is 13.0. The van der Waals surface area contributed by atoms with Crippen LogP contribution < -0.4 is 0 Å². The second-order valence-electron chi connectivity index (χ2n) is 6.79. The Labute approximate surface area is 119 Å². The van der Waals surface area contributed by atoms with Crippen LogP contribution in [0, 0.1) is 10.8 Å². The van der Waals surface area contributed by atoms with Crippen LogP contribution in [0.4, 0.5) is 0 Å². The molecule has 2 unspecified atom stereocenters. The van der Waals surface area contributed by atoms with Gasteiger partial charge in [-0.3, -0.25) is 9.59 Å². The van der Waals surface area contributed by atoms with Crippen molar-refractivity contribution in [3.63, 3.8) is 0 Å². The van der Waals surface area contributed by atoms with Crippen LogP contribution in [0.1, 0.15) is 41.5 Å². The van der Waals surface area contributed by atoms with Gasteiger partial charge < -0.3 is 18.9 Å². The molecule has 0 radical (unpaired) electrons. The van der Waals surface area contributed by atoms with E-state index in [0.717, 1.165) is 0 Å². The highest BCUT2D eigenvalue weighted by Crippen LogP contribution is 2.23. The molecule has 1 fully saturated rings. The van der Waals surface area contributed by atoms with Crippen LogP contribution in [0.2, 0.25) is 0 Å². The third-order valence-corrected chi connectivity index (χ3v) is 2.54. The third-order valence-electron chi connectivity index (χ3n) is 2.54. The number of carbonyl (C=O) groups excluding carboxylic acids is 2. The number of ether oxygens (including phenoxy) is 4. The quantitative estimate of drug-likeness (QED) is 0.722. The summed E-state index contributed by atoms with van der Waals surface area (Å²) in [6.07, 6.45) is -2.05. The number of hydrogen-bond donors (Lipinski definition) is 0. The summed E-state index contributed by atoms with van der Waals surface area (Å²) < 4.78 is 21.1. The van der Waals surface area contributed by atoms with Crippen molar-refractivity contribution in [1.29, 1.82) is 0 Å². The minimum absolute atomic E-state index is 0.283. The van der Waals surface area contributed by atoms with Crippen LogP contribution in [0.3, 0.4) is 0 Å². The summed E-state index contributed by atoms with van der Waals surface area (Å²) >= 11 is 0. The van der Waals surface area contributed by atoms with E-state index in [2.05, 4.69) is 0 Å². The predicted molar refractivity (Wildman–Crippen MR) is 70.6 cm³/mol. The van der Waals surface area contributed by atoms with Crippen LogP contribution in [0.15, 0.2) is 0 Å². The number of esters is 2. The zero-order valence-electron chi connectivity index (χ0n) is 13.0. The average molecular weight is 288 g/mol. The molecule has 0 aromatic carbocycles. The lowest BCUT2D eigenvalue weighted by Gasteiger charge is -2.33. The van der Waals surface area contributed by atoms with Gasteiger partial charge in [0.1, 0.15) is 0 Å². The maximum atomic E-state index is 11.9. The highest BCUT2D eigenvalue weighted by molar-refractivity contribution is 5.76. The van der Waals surface area contributed by atoms with Crippen molar-refractivity contribution in [3.05, 3.63) is 0 Å². The lowest BCUT2D eigenvalue weighted by molar-refractivity contribution is -0.306. The molecular formula is C14H24O6. The van der Waals surface area contributed by atoms with Crippen molar-refractivity contribution in [2.24, 2.45) is 10.8 Å². The molecule has 1 rings (SSSR count). The Hall–Kier alpha value is -1.14. The molecule has 1 heterocycles. The second-order valence-corrected chi connectivity index (χ2v) is 6.79. The molecule has 0 saturated carbocycles. The molecule has 2 atom stereocenters. The van der Waals surface area contributed by atoms with Gasteiger partial charge in [0, 0.05) is 0 Å². The molecule has 1 aliphatic rings. The highest BCUT2D eigenvalue weighted by atomic mass is 16.8. The molecule has 0 spiro atoms. The lowest BCUT2D eigenvalue weighted by Crippen LogP contribution is -2.46. The van der Waals surface area contributed by atoms with Gasteiger partial charge in [0.25, 0.3) is 12.6 Å². The van der Waals surface area contributed by atoms with Gasteiger partial charge in [0.2, 0.25) is 0 Å². The van der Waals surface area contributed by atoms with E-state index in [4.69, 9.17) is 18.9 Å². The first-order valence-electron chi connectivity index (χ1n) is 6.67. The maximum Gasteiger partial charge on any atom is 0.313 e. The van der Waals surface area contributed by atoms with Gasteiger partial charge in [-0.05, 0) is 41.5 Å². The fraction of sp³-hybridized carbons (Fsp3) is 0.857. The lowest BCUT2D eigenvalue weighted by atomic mass is 9.97. The Morgan fingerprint density at radius 2 is 1.10 bits per heavy atom. The molecule has 20 heavy (non-hydrogen) atoms. The van der Waals surface area contributed by atoms with E-state index in [1.807, 2.05) is 0 Å².